The number of aliphatic hydroxyl groups is 1. The summed E-state index contributed by atoms with van der Waals surface area (Å²) in [6, 6.07) is 9.84. The number of carbonyl (C=O) groups is 1. The van der Waals surface area contributed by atoms with Crippen molar-refractivity contribution in [1.82, 2.24) is 14.7 Å². The van der Waals surface area contributed by atoms with Crippen molar-refractivity contribution in [2.45, 2.75) is 31.3 Å². The van der Waals surface area contributed by atoms with E-state index < -0.39 is 6.10 Å². The first-order valence-electron chi connectivity index (χ1n) is 9.14. The van der Waals surface area contributed by atoms with Gasteiger partial charge in [0.05, 0.1) is 12.3 Å². The fourth-order valence-corrected chi connectivity index (χ4v) is 4.06. The van der Waals surface area contributed by atoms with E-state index in [4.69, 9.17) is 0 Å². The van der Waals surface area contributed by atoms with Crippen molar-refractivity contribution in [2.24, 2.45) is 18.9 Å². The van der Waals surface area contributed by atoms with Gasteiger partial charge in [-0.05, 0) is 42.2 Å². The molecule has 1 aromatic carbocycles. The lowest BCUT2D eigenvalue weighted by molar-refractivity contribution is -0.134. The van der Waals surface area contributed by atoms with Gasteiger partial charge in [0.25, 0.3) is 0 Å². The molecule has 0 unspecified atom stereocenters. The number of carbonyl (C=O) groups excluding carboxylic acids is 1. The van der Waals surface area contributed by atoms with Gasteiger partial charge in [-0.25, -0.2) is 0 Å². The maximum atomic E-state index is 12.7. The van der Waals surface area contributed by atoms with E-state index in [-0.39, 0.29) is 17.7 Å². The molecule has 3 atom stereocenters. The Balaban J connectivity index is 1.31. The highest BCUT2D eigenvalue weighted by Crippen LogP contribution is 2.48. The van der Waals surface area contributed by atoms with E-state index in [0.717, 1.165) is 37.9 Å². The number of rotatable bonds is 4. The van der Waals surface area contributed by atoms with Gasteiger partial charge in [0.1, 0.15) is 0 Å². The average Bonchev–Trinajstić information content (AvgIpc) is 3.35. The molecule has 1 saturated carbocycles. The van der Waals surface area contributed by atoms with Crippen molar-refractivity contribution in [3.63, 3.8) is 0 Å². The quantitative estimate of drug-likeness (QED) is 0.931. The number of nitrogens with zero attached hydrogens (tertiary/aromatic N) is 3. The van der Waals surface area contributed by atoms with Crippen LogP contribution >= 0.6 is 0 Å². The predicted molar refractivity (Wildman–Crippen MR) is 94.8 cm³/mol. The van der Waals surface area contributed by atoms with Crippen LogP contribution in [0, 0.1) is 11.8 Å². The summed E-state index contributed by atoms with van der Waals surface area (Å²) in [6.07, 6.45) is 6.14. The second kappa shape index (κ2) is 6.64. The second-order valence-electron chi connectivity index (χ2n) is 7.41. The van der Waals surface area contributed by atoms with Gasteiger partial charge in [0.2, 0.25) is 5.91 Å². The van der Waals surface area contributed by atoms with E-state index in [1.165, 1.54) is 5.56 Å². The third-order valence-electron chi connectivity index (χ3n) is 5.70. The van der Waals surface area contributed by atoms with Crippen LogP contribution in [0.4, 0.5) is 0 Å². The number of amides is 1. The molecule has 0 radical (unpaired) electrons. The molecule has 2 aliphatic rings. The van der Waals surface area contributed by atoms with Crippen LogP contribution in [-0.4, -0.2) is 38.8 Å². The van der Waals surface area contributed by atoms with Crippen molar-refractivity contribution < 1.29 is 9.90 Å². The maximum absolute atomic E-state index is 12.7. The lowest BCUT2D eigenvalue weighted by Crippen LogP contribution is -2.40. The van der Waals surface area contributed by atoms with E-state index >= 15 is 0 Å². The molecule has 1 aliphatic heterocycles. The SMILES string of the molecule is Cn1cc([C@@H]2C[C@H]2C(=O)N2CCC([C@H](O)c3ccccc3)CC2)cn1. The first-order chi connectivity index (χ1) is 12.1. The van der Waals surface area contributed by atoms with Gasteiger partial charge in [0, 0.05) is 32.3 Å². The minimum Gasteiger partial charge on any atom is -0.388 e. The van der Waals surface area contributed by atoms with Crippen LogP contribution in [0.3, 0.4) is 0 Å². The number of piperidine rings is 1. The summed E-state index contributed by atoms with van der Waals surface area (Å²) in [4.78, 5) is 14.7. The summed E-state index contributed by atoms with van der Waals surface area (Å²) < 4.78 is 1.80. The molecule has 5 heteroatoms. The van der Waals surface area contributed by atoms with Crippen LogP contribution < -0.4 is 0 Å². The summed E-state index contributed by atoms with van der Waals surface area (Å²) in [5.74, 6) is 0.981. The third-order valence-corrected chi connectivity index (χ3v) is 5.70. The Kier molecular flexibility index (Phi) is 4.34. The smallest absolute Gasteiger partial charge is 0.226 e. The maximum Gasteiger partial charge on any atom is 0.226 e. The predicted octanol–water partition coefficient (Wildman–Crippen LogP) is 2.50. The van der Waals surface area contributed by atoms with Gasteiger partial charge < -0.3 is 10.0 Å². The number of hydrogen-bond acceptors (Lipinski definition) is 3. The van der Waals surface area contributed by atoms with Crippen LogP contribution in [0.15, 0.2) is 42.7 Å². The zero-order chi connectivity index (χ0) is 17.4. The Morgan fingerprint density at radius 1 is 1.24 bits per heavy atom. The van der Waals surface area contributed by atoms with Crippen molar-refractivity contribution in [1.29, 1.82) is 0 Å². The van der Waals surface area contributed by atoms with Gasteiger partial charge >= 0.3 is 0 Å². The molecule has 5 nitrogen and oxygen atoms in total. The molecule has 4 rings (SSSR count). The summed E-state index contributed by atoms with van der Waals surface area (Å²) in [7, 11) is 1.91. The van der Waals surface area contributed by atoms with Gasteiger partial charge in [-0.3, -0.25) is 9.48 Å². The molecule has 2 aromatic rings. The van der Waals surface area contributed by atoms with Gasteiger partial charge in [-0.2, -0.15) is 5.10 Å². The van der Waals surface area contributed by atoms with Crippen LogP contribution in [0.25, 0.3) is 0 Å². The lowest BCUT2D eigenvalue weighted by atomic mass is 9.87. The van der Waals surface area contributed by atoms with E-state index in [1.54, 1.807) is 4.68 Å². The van der Waals surface area contributed by atoms with Crippen molar-refractivity contribution in [3.8, 4) is 0 Å². The molecule has 2 heterocycles. The zero-order valence-corrected chi connectivity index (χ0v) is 14.6. The highest BCUT2D eigenvalue weighted by molar-refractivity contribution is 5.83. The number of likely N-dealkylation sites (tertiary alicyclic amines) is 1. The van der Waals surface area contributed by atoms with Gasteiger partial charge in [0.15, 0.2) is 0 Å². The molecule has 1 N–H and O–H groups in total. The fourth-order valence-electron chi connectivity index (χ4n) is 4.06. The van der Waals surface area contributed by atoms with E-state index in [2.05, 4.69) is 5.10 Å². The monoisotopic (exact) mass is 339 g/mol. The van der Waals surface area contributed by atoms with Crippen molar-refractivity contribution >= 4 is 5.91 Å². The van der Waals surface area contributed by atoms with Crippen LogP contribution in [0.2, 0.25) is 0 Å². The Labute approximate surface area is 148 Å². The highest BCUT2D eigenvalue weighted by atomic mass is 16.3. The van der Waals surface area contributed by atoms with Crippen molar-refractivity contribution in [2.75, 3.05) is 13.1 Å². The van der Waals surface area contributed by atoms with Crippen LogP contribution in [0.5, 0.6) is 0 Å². The largest absolute Gasteiger partial charge is 0.388 e. The Hall–Kier alpha value is -2.14. The molecule has 1 aliphatic carbocycles. The fraction of sp³-hybridized carbons (Fsp3) is 0.500. The normalized spacial score (nSPS) is 25.0. The topological polar surface area (TPSA) is 58.4 Å². The molecule has 0 spiro atoms. The first-order valence-corrected chi connectivity index (χ1v) is 9.14. The summed E-state index contributed by atoms with van der Waals surface area (Å²) >= 11 is 0. The number of aromatic nitrogens is 2. The number of hydrogen-bond donors (Lipinski definition) is 1. The first kappa shape index (κ1) is 16.3. The van der Waals surface area contributed by atoms with Crippen molar-refractivity contribution in [3.05, 3.63) is 53.9 Å². The van der Waals surface area contributed by atoms with E-state index in [1.807, 2.05) is 54.7 Å². The number of aliphatic hydroxyl groups excluding tert-OH is 1. The van der Waals surface area contributed by atoms with Gasteiger partial charge in [-0.1, -0.05) is 30.3 Å². The Bertz CT molecular complexity index is 734. The minimum atomic E-state index is -0.428. The Morgan fingerprint density at radius 3 is 2.60 bits per heavy atom. The van der Waals surface area contributed by atoms with Gasteiger partial charge in [-0.15, -0.1) is 0 Å². The summed E-state index contributed by atoms with van der Waals surface area (Å²) in [5, 5.41) is 14.8. The molecular weight excluding hydrogens is 314 g/mol. The molecule has 1 saturated heterocycles. The number of aryl methyl sites for hydroxylation is 1. The minimum absolute atomic E-state index is 0.125. The standard InChI is InChI=1S/C20H25N3O2/c1-22-13-16(12-21-22)17-11-18(17)20(25)23-9-7-15(8-10-23)19(24)14-5-3-2-4-6-14/h2-6,12-13,15,17-19,24H,7-11H2,1H3/t17-,18+,19+/m0/s1. The summed E-state index contributed by atoms with van der Waals surface area (Å²) in [5.41, 5.74) is 2.15. The molecule has 25 heavy (non-hydrogen) atoms. The van der Waals surface area contributed by atoms with Crippen LogP contribution in [-0.2, 0) is 11.8 Å². The zero-order valence-electron chi connectivity index (χ0n) is 14.6. The Morgan fingerprint density at radius 2 is 1.96 bits per heavy atom. The molecule has 132 valence electrons. The molecular formula is C20H25N3O2. The van der Waals surface area contributed by atoms with E-state index in [9.17, 15) is 9.90 Å². The third kappa shape index (κ3) is 3.33. The van der Waals surface area contributed by atoms with Crippen LogP contribution in [0.1, 0.15) is 42.4 Å². The molecule has 0 bridgehead atoms. The average molecular weight is 339 g/mol. The lowest BCUT2D eigenvalue weighted by Gasteiger charge is -2.34. The summed E-state index contributed by atoms with van der Waals surface area (Å²) in [6.45, 7) is 1.51. The second-order valence-corrected chi connectivity index (χ2v) is 7.41. The molecule has 2 fully saturated rings. The molecule has 1 aromatic heterocycles. The highest BCUT2D eigenvalue weighted by Gasteiger charge is 2.46. The number of benzene rings is 1. The van der Waals surface area contributed by atoms with E-state index in [0.29, 0.717) is 5.92 Å². The molecule has 1 amide bonds.